The highest BCUT2D eigenvalue weighted by Crippen LogP contribution is 2.66. The Morgan fingerprint density at radius 2 is 0.729 bits per heavy atom. The summed E-state index contributed by atoms with van der Waals surface area (Å²) in [6.07, 6.45) is 0. The standard InChI is InChI=1S/C69H41N/c1-2-18-46(19-3-1)70-63-33-17-14-24-51(63)58-40-44(36-37-64(58)70)66-55-28-9-7-26-53(55)65(54-27-8-10-29-56(54)66)43-35-34-42-39-59-62(41-45(42)38-43)69(60-31-15-12-22-49(60)50-23-13-16-32-61(50)69)68-57-30-11-5-21-48(57)47-20-4-6-25-52(47)67(59)68/h1-41H. The van der Waals surface area contributed by atoms with E-state index in [-0.39, 0.29) is 0 Å². The van der Waals surface area contributed by atoms with Gasteiger partial charge in [0.15, 0.2) is 0 Å². The predicted octanol–water partition coefficient (Wildman–Crippen LogP) is 18.2. The molecule has 14 aromatic rings. The second-order valence-corrected chi connectivity index (χ2v) is 19.4. The topological polar surface area (TPSA) is 4.93 Å². The summed E-state index contributed by atoms with van der Waals surface area (Å²) >= 11 is 0. The zero-order valence-electron chi connectivity index (χ0n) is 38.1. The molecule has 1 nitrogen and oxygen atoms in total. The number of fused-ring (bicyclic) bond motifs is 21. The average molecular weight is 884 g/mol. The van der Waals surface area contributed by atoms with Crippen molar-refractivity contribution in [1.82, 2.24) is 4.57 Å². The van der Waals surface area contributed by atoms with Gasteiger partial charge in [0.25, 0.3) is 0 Å². The minimum atomic E-state index is -0.499. The highest BCUT2D eigenvalue weighted by atomic mass is 15.0. The normalized spacial score (nSPS) is 13.3. The molecule has 2 aliphatic rings. The molecule has 0 bridgehead atoms. The van der Waals surface area contributed by atoms with Gasteiger partial charge in [-0.25, -0.2) is 0 Å². The number of rotatable bonds is 3. The van der Waals surface area contributed by atoms with E-state index in [2.05, 4.69) is 253 Å². The summed E-state index contributed by atoms with van der Waals surface area (Å²) in [6, 6.07) is 93.7. The Balaban J connectivity index is 0.957. The van der Waals surface area contributed by atoms with Crippen LogP contribution in [0.4, 0.5) is 0 Å². The lowest BCUT2D eigenvalue weighted by Crippen LogP contribution is -2.26. The summed E-state index contributed by atoms with van der Waals surface area (Å²) in [5.41, 5.74) is 18.9. The molecule has 1 heterocycles. The fourth-order valence-corrected chi connectivity index (χ4v) is 13.4. The first-order chi connectivity index (χ1) is 34.8. The largest absolute Gasteiger partial charge is 0.309 e. The van der Waals surface area contributed by atoms with E-state index in [0.717, 1.165) is 0 Å². The van der Waals surface area contributed by atoms with Crippen LogP contribution in [-0.4, -0.2) is 4.57 Å². The fourth-order valence-electron chi connectivity index (χ4n) is 13.4. The summed E-state index contributed by atoms with van der Waals surface area (Å²) in [7, 11) is 0. The average Bonchev–Trinajstić information content (AvgIpc) is 4.03. The Kier molecular flexibility index (Phi) is 7.60. The third-order valence-corrected chi connectivity index (χ3v) is 16.1. The van der Waals surface area contributed by atoms with Gasteiger partial charge in [-0.1, -0.05) is 200 Å². The van der Waals surface area contributed by atoms with Gasteiger partial charge in [0.1, 0.15) is 0 Å². The van der Waals surface area contributed by atoms with Crippen LogP contribution in [0.25, 0.3) is 126 Å². The number of aromatic nitrogens is 1. The smallest absolute Gasteiger partial charge is 0.0731 e. The SMILES string of the molecule is c1ccc(-n2c3ccccc3c3cc(-c4c5ccccc5c(-c5ccc6cc7c(cc6c5)C5(c6ccccc6-c6ccccc65)c5c-7c6ccccc6c6ccccc56)c5ccccc45)ccc32)cc1. The number of hydrogen-bond donors (Lipinski definition) is 0. The summed E-state index contributed by atoms with van der Waals surface area (Å²) < 4.78 is 2.40. The van der Waals surface area contributed by atoms with Gasteiger partial charge in [-0.3, -0.25) is 0 Å². The first-order valence-electron chi connectivity index (χ1n) is 24.5. The van der Waals surface area contributed by atoms with Crippen LogP contribution in [0.1, 0.15) is 22.3 Å². The molecular weight excluding hydrogens is 843 g/mol. The van der Waals surface area contributed by atoms with Gasteiger partial charge in [-0.2, -0.15) is 0 Å². The van der Waals surface area contributed by atoms with E-state index in [1.165, 1.54) is 148 Å². The van der Waals surface area contributed by atoms with Crippen LogP contribution >= 0.6 is 0 Å². The first kappa shape index (κ1) is 38.0. The van der Waals surface area contributed by atoms with E-state index >= 15 is 0 Å². The molecule has 0 radical (unpaired) electrons. The molecule has 0 atom stereocenters. The second-order valence-electron chi connectivity index (χ2n) is 19.4. The molecule has 0 fully saturated rings. The van der Waals surface area contributed by atoms with Crippen molar-refractivity contribution in [3.8, 4) is 50.2 Å². The lowest BCUT2D eigenvalue weighted by atomic mass is 9.69. The molecule has 0 saturated heterocycles. The van der Waals surface area contributed by atoms with Crippen molar-refractivity contribution in [3.63, 3.8) is 0 Å². The van der Waals surface area contributed by atoms with Crippen LogP contribution in [0.3, 0.4) is 0 Å². The molecular formula is C69H41N. The third kappa shape index (κ3) is 4.86. The third-order valence-electron chi connectivity index (χ3n) is 16.1. The van der Waals surface area contributed by atoms with Crippen molar-refractivity contribution in [2.75, 3.05) is 0 Å². The maximum Gasteiger partial charge on any atom is 0.0731 e. The van der Waals surface area contributed by atoms with Gasteiger partial charge in [0, 0.05) is 16.5 Å². The molecule has 1 heteroatoms. The molecule has 1 spiro atoms. The molecule has 0 saturated carbocycles. The summed E-state index contributed by atoms with van der Waals surface area (Å²) in [5, 5.41) is 15.3. The van der Waals surface area contributed by atoms with Crippen LogP contribution in [0, 0.1) is 0 Å². The minimum Gasteiger partial charge on any atom is -0.309 e. The molecule has 70 heavy (non-hydrogen) atoms. The van der Waals surface area contributed by atoms with Crippen LogP contribution < -0.4 is 0 Å². The molecule has 0 amide bonds. The molecule has 0 aliphatic heterocycles. The Hall–Kier alpha value is -9.04. The van der Waals surface area contributed by atoms with Crippen molar-refractivity contribution < 1.29 is 0 Å². The van der Waals surface area contributed by atoms with Crippen molar-refractivity contribution in [3.05, 3.63) is 271 Å². The Morgan fingerprint density at radius 1 is 0.257 bits per heavy atom. The Morgan fingerprint density at radius 3 is 1.37 bits per heavy atom. The van der Waals surface area contributed by atoms with Gasteiger partial charge in [-0.05, 0) is 169 Å². The molecule has 16 rings (SSSR count). The summed E-state index contributed by atoms with van der Waals surface area (Å²) in [6.45, 7) is 0. The van der Waals surface area contributed by atoms with E-state index in [4.69, 9.17) is 0 Å². The zero-order valence-corrected chi connectivity index (χ0v) is 38.1. The molecule has 0 unspecified atom stereocenters. The predicted molar refractivity (Wildman–Crippen MR) is 295 cm³/mol. The van der Waals surface area contributed by atoms with Gasteiger partial charge < -0.3 is 4.57 Å². The minimum absolute atomic E-state index is 0.499. The zero-order chi connectivity index (χ0) is 45.7. The summed E-state index contributed by atoms with van der Waals surface area (Å²) in [4.78, 5) is 0. The van der Waals surface area contributed by atoms with Gasteiger partial charge in [0.05, 0.1) is 16.4 Å². The van der Waals surface area contributed by atoms with E-state index in [9.17, 15) is 0 Å². The van der Waals surface area contributed by atoms with E-state index in [1.807, 2.05) is 0 Å². The Labute approximate surface area is 404 Å². The lowest BCUT2D eigenvalue weighted by molar-refractivity contribution is 0.803. The van der Waals surface area contributed by atoms with E-state index in [0.29, 0.717) is 0 Å². The van der Waals surface area contributed by atoms with Gasteiger partial charge in [0.2, 0.25) is 0 Å². The maximum atomic E-state index is 2.57. The molecule has 0 N–H and O–H groups in total. The lowest BCUT2D eigenvalue weighted by Gasteiger charge is -2.32. The van der Waals surface area contributed by atoms with Crippen molar-refractivity contribution in [1.29, 1.82) is 0 Å². The highest BCUT2D eigenvalue weighted by molar-refractivity contribution is 6.24. The quantitative estimate of drug-likeness (QED) is 0.123. The van der Waals surface area contributed by atoms with Crippen LogP contribution in [0.5, 0.6) is 0 Å². The van der Waals surface area contributed by atoms with Crippen LogP contribution in [0.2, 0.25) is 0 Å². The van der Waals surface area contributed by atoms with Gasteiger partial charge in [-0.15, -0.1) is 0 Å². The monoisotopic (exact) mass is 883 g/mol. The maximum absolute atomic E-state index is 2.57. The van der Waals surface area contributed by atoms with E-state index in [1.54, 1.807) is 0 Å². The van der Waals surface area contributed by atoms with Crippen molar-refractivity contribution in [2.45, 2.75) is 5.41 Å². The van der Waals surface area contributed by atoms with Crippen LogP contribution in [-0.2, 0) is 5.41 Å². The van der Waals surface area contributed by atoms with Crippen LogP contribution in [0.15, 0.2) is 249 Å². The number of nitrogens with zero attached hydrogens (tertiary/aromatic N) is 1. The molecule has 13 aromatic carbocycles. The molecule has 1 aromatic heterocycles. The van der Waals surface area contributed by atoms with Gasteiger partial charge >= 0.3 is 0 Å². The molecule has 322 valence electrons. The second kappa shape index (κ2) is 14.0. The number of benzene rings is 13. The van der Waals surface area contributed by atoms with Crippen molar-refractivity contribution >= 4 is 75.7 Å². The Bertz CT molecular complexity index is 4490. The van der Waals surface area contributed by atoms with Crippen molar-refractivity contribution in [2.24, 2.45) is 0 Å². The fraction of sp³-hybridized carbons (Fsp3) is 0.0145. The molecule has 2 aliphatic carbocycles. The summed E-state index contributed by atoms with van der Waals surface area (Å²) in [5.74, 6) is 0. The highest BCUT2D eigenvalue weighted by Gasteiger charge is 2.53. The first-order valence-corrected chi connectivity index (χ1v) is 24.5. The number of hydrogen-bond acceptors (Lipinski definition) is 0. The van der Waals surface area contributed by atoms with E-state index < -0.39 is 5.41 Å². The number of para-hydroxylation sites is 2.